The summed E-state index contributed by atoms with van der Waals surface area (Å²) in [4.78, 5) is 0. The second-order valence-corrected chi connectivity index (χ2v) is 6.26. The summed E-state index contributed by atoms with van der Waals surface area (Å²) in [7, 11) is 0. The molecule has 0 bridgehead atoms. The largest absolute Gasteiger partial charge is 0.490 e. The zero-order chi connectivity index (χ0) is 13.9. The molecule has 0 radical (unpaired) electrons. The third-order valence-electron chi connectivity index (χ3n) is 4.58. The maximum absolute atomic E-state index is 13.2. The van der Waals surface area contributed by atoms with E-state index >= 15 is 0 Å². The molecule has 0 spiro atoms. The second kappa shape index (κ2) is 6.13. The minimum atomic E-state index is -0.155. The molecule has 0 saturated heterocycles. The van der Waals surface area contributed by atoms with Crippen molar-refractivity contribution < 1.29 is 9.13 Å². The molecule has 1 fully saturated rings. The number of rotatable bonds is 5. The number of hydrogen-bond acceptors (Lipinski definition) is 2. The van der Waals surface area contributed by atoms with Crippen LogP contribution in [-0.4, -0.2) is 18.7 Å². The van der Waals surface area contributed by atoms with E-state index in [1.54, 1.807) is 12.1 Å². The number of fused-ring (bicyclic) bond motifs is 1. The smallest absolute Gasteiger partial charge is 0.123 e. The average molecular weight is 277 g/mol. The summed E-state index contributed by atoms with van der Waals surface area (Å²) in [5, 5.41) is 3.62. The molecule has 110 valence electrons. The molecule has 0 amide bonds. The lowest BCUT2D eigenvalue weighted by atomic mass is 9.97. The van der Waals surface area contributed by atoms with E-state index in [1.807, 2.05) is 0 Å². The predicted octanol–water partition coefficient (Wildman–Crippen LogP) is 3.69. The Morgan fingerprint density at radius 1 is 1.35 bits per heavy atom. The molecule has 1 aliphatic heterocycles. The first-order valence-electron chi connectivity index (χ1n) is 7.93. The van der Waals surface area contributed by atoms with Crippen molar-refractivity contribution in [2.75, 3.05) is 6.54 Å². The number of benzene rings is 1. The lowest BCUT2D eigenvalue weighted by Gasteiger charge is -2.16. The molecule has 1 aliphatic carbocycles. The Balaban J connectivity index is 1.49. The Hall–Kier alpha value is -1.09. The summed E-state index contributed by atoms with van der Waals surface area (Å²) in [6.07, 6.45) is 7.29. The first kappa shape index (κ1) is 13.9. The summed E-state index contributed by atoms with van der Waals surface area (Å²) >= 11 is 0. The third-order valence-corrected chi connectivity index (χ3v) is 4.58. The highest BCUT2D eigenvalue weighted by Gasteiger charge is 2.30. The van der Waals surface area contributed by atoms with E-state index in [2.05, 4.69) is 12.2 Å². The summed E-state index contributed by atoms with van der Waals surface area (Å²) < 4.78 is 19.2. The van der Waals surface area contributed by atoms with Gasteiger partial charge < -0.3 is 10.1 Å². The van der Waals surface area contributed by atoms with Gasteiger partial charge in [-0.3, -0.25) is 0 Å². The highest BCUT2D eigenvalue weighted by molar-refractivity contribution is 5.37. The Kier molecular flexibility index (Phi) is 4.25. The van der Waals surface area contributed by atoms with Crippen LogP contribution in [0, 0.1) is 11.7 Å². The van der Waals surface area contributed by atoms with E-state index in [9.17, 15) is 4.39 Å². The number of hydrogen-bond donors (Lipinski definition) is 1. The van der Waals surface area contributed by atoms with E-state index < -0.39 is 0 Å². The van der Waals surface area contributed by atoms with E-state index in [1.165, 1.54) is 31.7 Å². The number of ether oxygens (including phenoxy) is 1. The fraction of sp³-hybridized carbons (Fsp3) is 0.647. The van der Waals surface area contributed by atoms with Crippen molar-refractivity contribution in [3.05, 3.63) is 29.6 Å². The minimum absolute atomic E-state index is 0.155. The molecule has 0 aromatic heterocycles. The maximum atomic E-state index is 13.2. The summed E-state index contributed by atoms with van der Waals surface area (Å²) in [5.74, 6) is 1.49. The zero-order valence-corrected chi connectivity index (χ0v) is 12.2. The van der Waals surface area contributed by atoms with E-state index in [0.717, 1.165) is 36.6 Å². The van der Waals surface area contributed by atoms with Crippen molar-refractivity contribution in [1.29, 1.82) is 0 Å². The highest BCUT2D eigenvalue weighted by Crippen LogP contribution is 2.36. The van der Waals surface area contributed by atoms with Crippen LogP contribution in [-0.2, 0) is 6.42 Å². The van der Waals surface area contributed by atoms with Gasteiger partial charge in [0.25, 0.3) is 0 Å². The molecule has 1 aromatic rings. The average Bonchev–Trinajstić information content (AvgIpc) is 3.02. The zero-order valence-electron chi connectivity index (χ0n) is 12.2. The Morgan fingerprint density at radius 3 is 3.10 bits per heavy atom. The van der Waals surface area contributed by atoms with Crippen LogP contribution in [0.4, 0.5) is 4.39 Å². The Bertz CT molecular complexity index is 462. The van der Waals surface area contributed by atoms with E-state index in [4.69, 9.17) is 4.74 Å². The molecular weight excluding hydrogens is 253 g/mol. The second-order valence-electron chi connectivity index (χ2n) is 6.26. The van der Waals surface area contributed by atoms with Crippen molar-refractivity contribution >= 4 is 0 Å². The third kappa shape index (κ3) is 3.14. The van der Waals surface area contributed by atoms with Crippen molar-refractivity contribution in [2.45, 2.75) is 57.6 Å². The molecule has 1 N–H and O–H groups in total. The van der Waals surface area contributed by atoms with Crippen LogP contribution < -0.4 is 10.1 Å². The van der Waals surface area contributed by atoms with Gasteiger partial charge in [0.1, 0.15) is 17.7 Å². The molecule has 1 saturated carbocycles. The van der Waals surface area contributed by atoms with Gasteiger partial charge in [-0.15, -0.1) is 0 Å². The summed E-state index contributed by atoms with van der Waals surface area (Å²) in [6, 6.07) is 5.57. The van der Waals surface area contributed by atoms with Crippen LogP contribution in [0.3, 0.4) is 0 Å². The van der Waals surface area contributed by atoms with Gasteiger partial charge in [0, 0.05) is 18.0 Å². The van der Waals surface area contributed by atoms with Crippen LogP contribution in [0.5, 0.6) is 5.75 Å². The van der Waals surface area contributed by atoms with Gasteiger partial charge >= 0.3 is 0 Å². The fourth-order valence-corrected chi connectivity index (χ4v) is 3.62. The highest BCUT2D eigenvalue weighted by atomic mass is 19.1. The minimum Gasteiger partial charge on any atom is -0.490 e. The van der Waals surface area contributed by atoms with E-state index in [0.29, 0.717) is 6.04 Å². The SMILES string of the molecule is CCCNC1CCC(CC2Cc3cc(F)ccc3O2)C1. The molecule has 20 heavy (non-hydrogen) atoms. The van der Waals surface area contributed by atoms with Crippen molar-refractivity contribution in [3.8, 4) is 5.75 Å². The fourth-order valence-electron chi connectivity index (χ4n) is 3.62. The lowest BCUT2D eigenvalue weighted by molar-refractivity contribution is 0.193. The van der Waals surface area contributed by atoms with Gasteiger partial charge in [0.05, 0.1) is 0 Å². The molecule has 3 atom stereocenters. The van der Waals surface area contributed by atoms with Gasteiger partial charge in [-0.25, -0.2) is 4.39 Å². The van der Waals surface area contributed by atoms with Gasteiger partial charge in [0.2, 0.25) is 0 Å². The van der Waals surface area contributed by atoms with Crippen molar-refractivity contribution in [1.82, 2.24) is 5.32 Å². The van der Waals surface area contributed by atoms with Gasteiger partial charge in [0.15, 0.2) is 0 Å². The molecule has 1 heterocycles. The van der Waals surface area contributed by atoms with Crippen LogP contribution in [0.1, 0.15) is 44.6 Å². The molecule has 2 aliphatic rings. The molecule has 3 unspecified atom stereocenters. The monoisotopic (exact) mass is 277 g/mol. The molecule has 3 rings (SSSR count). The Labute approximate surface area is 120 Å². The van der Waals surface area contributed by atoms with Gasteiger partial charge in [-0.2, -0.15) is 0 Å². The summed E-state index contributed by atoms with van der Waals surface area (Å²) in [5.41, 5.74) is 1.04. The molecular formula is C17H24FNO. The normalized spacial score (nSPS) is 28.4. The summed E-state index contributed by atoms with van der Waals surface area (Å²) in [6.45, 7) is 3.34. The first-order valence-corrected chi connectivity index (χ1v) is 7.93. The lowest BCUT2D eigenvalue weighted by Crippen LogP contribution is -2.27. The number of halogens is 1. The molecule has 2 nitrogen and oxygen atoms in total. The van der Waals surface area contributed by atoms with Crippen LogP contribution >= 0.6 is 0 Å². The quantitative estimate of drug-likeness (QED) is 0.886. The van der Waals surface area contributed by atoms with Crippen LogP contribution in [0.15, 0.2) is 18.2 Å². The van der Waals surface area contributed by atoms with E-state index in [-0.39, 0.29) is 11.9 Å². The van der Waals surface area contributed by atoms with Crippen molar-refractivity contribution in [3.63, 3.8) is 0 Å². The molecule has 1 aromatic carbocycles. The van der Waals surface area contributed by atoms with Gasteiger partial charge in [-0.1, -0.05) is 6.92 Å². The van der Waals surface area contributed by atoms with Crippen molar-refractivity contribution in [2.24, 2.45) is 5.92 Å². The first-order chi connectivity index (χ1) is 9.74. The predicted molar refractivity (Wildman–Crippen MR) is 78.6 cm³/mol. The maximum Gasteiger partial charge on any atom is 0.123 e. The number of nitrogens with one attached hydrogen (secondary N) is 1. The topological polar surface area (TPSA) is 21.3 Å². The van der Waals surface area contributed by atoms with Crippen LogP contribution in [0.2, 0.25) is 0 Å². The Morgan fingerprint density at radius 2 is 2.25 bits per heavy atom. The standard InChI is InChI=1S/C17H24FNO/c1-2-7-19-15-5-3-12(8-15)9-16-11-13-10-14(18)4-6-17(13)20-16/h4,6,10,12,15-16,19H,2-3,5,7-9,11H2,1H3. The van der Waals surface area contributed by atoms with Gasteiger partial charge in [-0.05, 0) is 62.8 Å². The molecule has 3 heteroatoms. The van der Waals surface area contributed by atoms with Crippen LogP contribution in [0.25, 0.3) is 0 Å².